The predicted octanol–water partition coefficient (Wildman–Crippen LogP) is 3.81. The maximum atomic E-state index is 9.11. The van der Waals surface area contributed by atoms with Crippen LogP contribution in [0.3, 0.4) is 0 Å². The van der Waals surface area contributed by atoms with Crippen LogP contribution < -0.4 is 0 Å². The van der Waals surface area contributed by atoms with Crippen LogP contribution in [-0.2, 0) is 6.61 Å². The lowest BCUT2D eigenvalue weighted by atomic mass is 10.1. The first-order valence-electron chi connectivity index (χ1n) is 3.69. The molecule has 68 valence electrons. The molecule has 0 spiro atoms. The Morgan fingerprint density at radius 1 is 1.38 bits per heavy atom. The largest absolute Gasteiger partial charge is 0.392 e. The summed E-state index contributed by atoms with van der Waals surface area (Å²) >= 11 is 10.8. The van der Waals surface area contributed by atoms with E-state index in [4.69, 9.17) is 16.7 Å². The zero-order valence-electron chi connectivity index (χ0n) is 6.55. The fourth-order valence-electron chi connectivity index (χ4n) is 1.27. The fourth-order valence-corrected chi connectivity index (χ4v) is 3.16. The van der Waals surface area contributed by atoms with Crippen molar-refractivity contribution in [3.05, 3.63) is 32.6 Å². The molecule has 0 aliphatic carbocycles. The molecule has 1 aromatic heterocycles. The highest BCUT2D eigenvalue weighted by atomic mass is 79.9. The summed E-state index contributed by atoms with van der Waals surface area (Å²) in [4.78, 5) is 0. The molecule has 1 N–H and O–H groups in total. The van der Waals surface area contributed by atoms with E-state index < -0.39 is 0 Å². The lowest BCUT2D eigenvalue weighted by Gasteiger charge is -1.99. The van der Waals surface area contributed by atoms with E-state index in [-0.39, 0.29) is 6.61 Å². The van der Waals surface area contributed by atoms with Crippen LogP contribution in [0.2, 0.25) is 4.34 Å². The number of aliphatic hydroxyl groups excluding tert-OH is 1. The predicted molar refractivity (Wildman–Crippen MR) is 60.5 cm³/mol. The molecular weight excluding hydrogens is 272 g/mol. The molecule has 1 nitrogen and oxygen atoms in total. The summed E-state index contributed by atoms with van der Waals surface area (Å²) in [5.41, 5.74) is 0.910. The van der Waals surface area contributed by atoms with Crippen LogP contribution in [0, 0.1) is 0 Å². The number of hydrogen-bond acceptors (Lipinski definition) is 2. The van der Waals surface area contributed by atoms with Crippen LogP contribution in [0.15, 0.2) is 22.7 Å². The van der Waals surface area contributed by atoms with E-state index >= 15 is 0 Å². The third-order valence-corrected chi connectivity index (χ3v) is 3.50. The SMILES string of the molecule is OCc1cc(Br)cc2sc(Cl)cc12. The van der Waals surface area contributed by atoms with Gasteiger partial charge in [-0.1, -0.05) is 27.5 Å². The van der Waals surface area contributed by atoms with Crippen LogP contribution in [0.4, 0.5) is 0 Å². The van der Waals surface area contributed by atoms with Crippen molar-refractivity contribution in [2.45, 2.75) is 6.61 Å². The number of hydrogen-bond donors (Lipinski definition) is 1. The van der Waals surface area contributed by atoms with Gasteiger partial charge in [0.05, 0.1) is 10.9 Å². The van der Waals surface area contributed by atoms with Gasteiger partial charge in [0.25, 0.3) is 0 Å². The molecule has 0 unspecified atom stereocenters. The molecule has 0 aliphatic heterocycles. The van der Waals surface area contributed by atoms with Crippen molar-refractivity contribution in [1.29, 1.82) is 0 Å². The van der Waals surface area contributed by atoms with Crippen molar-refractivity contribution < 1.29 is 5.11 Å². The average molecular weight is 278 g/mol. The highest BCUT2D eigenvalue weighted by Crippen LogP contribution is 2.34. The number of rotatable bonds is 1. The van der Waals surface area contributed by atoms with Gasteiger partial charge in [0.15, 0.2) is 0 Å². The minimum absolute atomic E-state index is 0.0446. The van der Waals surface area contributed by atoms with Crippen LogP contribution in [0.5, 0.6) is 0 Å². The molecule has 0 saturated heterocycles. The van der Waals surface area contributed by atoms with Crippen LogP contribution in [-0.4, -0.2) is 5.11 Å². The lowest BCUT2D eigenvalue weighted by Crippen LogP contribution is -1.82. The third kappa shape index (κ3) is 1.74. The summed E-state index contributed by atoms with van der Waals surface area (Å²) in [5.74, 6) is 0. The summed E-state index contributed by atoms with van der Waals surface area (Å²) < 4.78 is 2.83. The summed E-state index contributed by atoms with van der Waals surface area (Å²) in [5, 5.41) is 10.2. The Morgan fingerprint density at radius 3 is 2.85 bits per heavy atom. The second-order valence-corrected chi connectivity index (χ2v) is 5.32. The molecule has 13 heavy (non-hydrogen) atoms. The van der Waals surface area contributed by atoms with E-state index in [1.165, 1.54) is 11.3 Å². The molecule has 4 heteroatoms. The monoisotopic (exact) mass is 276 g/mol. The van der Waals surface area contributed by atoms with E-state index in [1.807, 2.05) is 18.2 Å². The Hall–Kier alpha value is -0.0900. The van der Waals surface area contributed by atoms with Gasteiger partial charge in [0.2, 0.25) is 0 Å². The van der Waals surface area contributed by atoms with Crippen LogP contribution in [0.25, 0.3) is 10.1 Å². The van der Waals surface area contributed by atoms with Crippen molar-refractivity contribution in [2.75, 3.05) is 0 Å². The zero-order valence-corrected chi connectivity index (χ0v) is 9.71. The summed E-state index contributed by atoms with van der Waals surface area (Å²) in [6, 6.07) is 5.80. The van der Waals surface area contributed by atoms with E-state index in [0.717, 1.165) is 24.5 Å². The molecule has 0 aliphatic rings. The van der Waals surface area contributed by atoms with Gasteiger partial charge in [0.1, 0.15) is 0 Å². The zero-order chi connectivity index (χ0) is 9.42. The first-order chi connectivity index (χ1) is 6.20. The van der Waals surface area contributed by atoms with Gasteiger partial charge in [-0.05, 0) is 29.1 Å². The molecule has 0 radical (unpaired) electrons. The van der Waals surface area contributed by atoms with Gasteiger partial charge >= 0.3 is 0 Å². The molecule has 0 saturated carbocycles. The van der Waals surface area contributed by atoms with Crippen LogP contribution >= 0.6 is 38.9 Å². The van der Waals surface area contributed by atoms with Crippen molar-refractivity contribution in [1.82, 2.24) is 0 Å². The molecule has 2 aromatic rings. The minimum Gasteiger partial charge on any atom is -0.392 e. The summed E-state index contributed by atoms with van der Waals surface area (Å²) in [6.07, 6.45) is 0. The van der Waals surface area contributed by atoms with Crippen LogP contribution in [0.1, 0.15) is 5.56 Å². The Kier molecular flexibility index (Phi) is 2.60. The quantitative estimate of drug-likeness (QED) is 0.840. The minimum atomic E-state index is 0.0446. The Labute approximate surface area is 93.1 Å². The Bertz CT molecular complexity index is 452. The van der Waals surface area contributed by atoms with Gasteiger partial charge in [-0.2, -0.15) is 0 Å². The number of thiophene rings is 1. The topological polar surface area (TPSA) is 20.2 Å². The smallest absolute Gasteiger partial charge is 0.0941 e. The molecule has 0 fully saturated rings. The lowest BCUT2D eigenvalue weighted by molar-refractivity contribution is 0.283. The maximum absolute atomic E-state index is 9.11. The third-order valence-electron chi connectivity index (χ3n) is 1.83. The highest BCUT2D eigenvalue weighted by molar-refractivity contribution is 9.10. The second-order valence-electron chi connectivity index (χ2n) is 2.69. The van der Waals surface area contributed by atoms with Crippen molar-refractivity contribution in [2.24, 2.45) is 0 Å². The van der Waals surface area contributed by atoms with E-state index in [0.29, 0.717) is 0 Å². The van der Waals surface area contributed by atoms with Gasteiger partial charge in [-0.25, -0.2) is 0 Å². The van der Waals surface area contributed by atoms with E-state index in [2.05, 4.69) is 15.9 Å². The first-order valence-corrected chi connectivity index (χ1v) is 5.68. The van der Waals surface area contributed by atoms with Crippen molar-refractivity contribution in [3.8, 4) is 0 Å². The fraction of sp³-hybridized carbons (Fsp3) is 0.111. The molecule has 1 heterocycles. The summed E-state index contributed by atoms with van der Waals surface area (Å²) in [7, 11) is 0. The van der Waals surface area contributed by atoms with E-state index in [9.17, 15) is 0 Å². The van der Waals surface area contributed by atoms with Gasteiger partial charge in [-0.15, -0.1) is 11.3 Å². The standard InChI is InChI=1S/C9H6BrClOS/c10-6-1-5(4-12)7-3-9(11)13-8(7)2-6/h1-3,12H,4H2. The number of fused-ring (bicyclic) bond motifs is 1. The molecule has 0 amide bonds. The first kappa shape index (κ1) is 9.46. The van der Waals surface area contributed by atoms with Crippen molar-refractivity contribution >= 4 is 49.0 Å². The van der Waals surface area contributed by atoms with E-state index in [1.54, 1.807) is 0 Å². The molecule has 2 rings (SSSR count). The van der Waals surface area contributed by atoms with Gasteiger partial charge in [0, 0.05) is 9.17 Å². The second kappa shape index (κ2) is 3.58. The maximum Gasteiger partial charge on any atom is 0.0941 e. The molecule has 0 bridgehead atoms. The molecule has 1 aromatic carbocycles. The normalized spacial score (nSPS) is 11.0. The summed E-state index contributed by atoms with van der Waals surface area (Å²) in [6.45, 7) is 0.0446. The van der Waals surface area contributed by atoms with Crippen molar-refractivity contribution in [3.63, 3.8) is 0 Å². The highest BCUT2D eigenvalue weighted by Gasteiger charge is 2.05. The Balaban J connectivity index is 2.80. The number of halogens is 2. The Morgan fingerprint density at radius 2 is 2.15 bits per heavy atom. The average Bonchev–Trinajstić information content (AvgIpc) is 2.43. The van der Waals surface area contributed by atoms with Gasteiger partial charge in [-0.3, -0.25) is 0 Å². The molecular formula is C9H6BrClOS. The van der Waals surface area contributed by atoms with Gasteiger partial charge < -0.3 is 5.11 Å². The number of benzene rings is 1. The molecule has 0 atom stereocenters. The number of aliphatic hydroxyl groups is 1.